The summed E-state index contributed by atoms with van der Waals surface area (Å²) in [5, 5.41) is 4.91. The Hall–Kier alpha value is -3.33. The molecule has 0 spiro atoms. The monoisotopic (exact) mass is 374 g/mol. The van der Waals surface area contributed by atoms with Gasteiger partial charge in [-0.2, -0.15) is 0 Å². The van der Waals surface area contributed by atoms with E-state index in [0.717, 1.165) is 0 Å². The molecular weight excluding hydrogens is 356 g/mol. The molecule has 0 bridgehead atoms. The van der Waals surface area contributed by atoms with Crippen molar-refractivity contribution in [1.29, 1.82) is 0 Å². The van der Waals surface area contributed by atoms with Crippen molar-refractivity contribution in [3.63, 3.8) is 0 Å². The molecule has 136 valence electrons. The molecule has 0 atom stereocenters. The quantitative estimate of drug-likeness (QED) is 0.470. The summed E-state index contributed by atoms with van der Waals surface area (Å²) in [6.07, 6.45) is 0. The summed E-state index contributed by atoms with van der Waals surface area (Å²) in [4.78, 5) is 23.4. The third-order valence-corrected chi connectivity index (χ3v) is 3.21. The van der Waals surface area contributed by atoms with Crippen LogP contribution in [0, 0.1) is 0 Å². The van der Waals surface area contributed by atoms with E-state index in [4.69, 9.17) is 21.7 Å². The topological polar surface area (TPSA) is 101 Å². The molecule has 26 heavy (non-hydrogen) atoms. The van der Waals surface area contributed by atoms with Gasteiger partial charge >= 0.3 is 6.03 Å². The van der Waals surface area contributed by atoms with Crippen molar-refractivity contribution in [2.75, 3.05) is 19.0 Å². The molecule has 0 unspecified atom stereocenters. The minimum Gasteiger partial charge on any atom is -0.497 e. The van der Waals surface area contributed by atoms with Gasteiger partial charge in [0.05, 0.1) is 7.11 Å². The average Bonchev–Trinajstić information content (AvgIpc) is 2.66. The molecule has 2 aromatic rings. The fraction of sp³-hybridized carbons (Fsp3) is 0.118. The molecule has 0 aliphatic carbocycles. The summed E-state index contributed by atoms with van der Waals surface area (Å²) in [5.74, 6) is 0.732. The minimum absolute atomic E-state index is 0.0588. The molecule has 0 radical (unpaired) electrons. The Morgan fingerprint density at radius 2 is 1.62 bits per heavy atom. The van der Waals surface area contributed by atoms with Gasteiger partial charge in [0.1, 0.15) is 11.5 Å². The number of benzene rings is 2. The summed E-state index contributed by atoms with van der Waals surface area (Å²) in [6.45, 7) is -0.232. The zero-order valence-corrected chi connectivity index (χ0v) is 14.8. The molecule has 0 aliphatic rings. The third kappa shape index (κ3) is 6.65. The van der Waals surface area contributed by atoms with Crippen LogP contribution in [0.15, 0.2) is 54.6 Å². The predicted molar refractivity (Wildman–Crippen MR) is 101 cm³/mol. The Morgan fingerprint density at radius 1 is 0.962 bits per heavy atom. The number of urea groups is 1. The van der Waals surface area contributed by atoms with Crippen LogP contribution in [0.2, 0.25) is 0 Å². The molecular formula is C17H18N4O4S. The standard InChI is InChI=1S/C17H18N4O4S/c1-24-13-7-9-14(10-8-13)25-11-15(22)19-17(26)21-20-16(23)18-12-5-3-2-4-6-12/h2-10H,11H2,1H3,(H2,18,20,23)(H2,19,21,22,26). The first-order valence-electron chi connectivity index (χ1n) is 7.55. The number of hydrogen-bond acceptors (Lipinski definition) is 5. The molecule has 2 aromatic carbocycles. The van der Waals surface area contributed by atoms with Gasteiger partial charge < -0.3 is 14.8 Å². The lowest BCUT2D eigenvalue weighted by molar-refractivity contribution is -0.121. The number of methoxy groups -OCH3 is 1. The van der Waals surface area contributed by atoms with Crippen molar-refractivity contribution < 1.29 is 19.1 Å². The fourth-order valence-electron chi connectivity index (χ4n) is 1.81. The first kappa shape index (κ1) is 19.0. The van der Waals surface area contributed by atoms with Crippen LogP contribution >= 0.6 is 12.2 Å². The normalized spacial score (nSPS) is 9.58. The molecule has 0 aromatic heterocycles. The van der Waals surface area contributed by atoms with Crippen molar-refractivity contribution in [2.24, 2.45) is 0 Å². The summed E-state index contributed by atoms with van der Waals surface area (Å²) >= 11 is 4.92. The summed E-state index contributed by atoms with van der Waals surface area (Å²) < 4.78 is 10.3. The van der Waals surface area contributed by atoms with Gasteiger partial charge in [0.2, 0.25) is 0 Å². The second-order valence-electron chi connectivity index (χ2n) is 4.91. The van der Waals surface area contributed by atoms with Gasteiger partial charge in [-0.15, -0.1) is 0 Å². The Morgan fingerprint density at radius 3 is 2.27 bits per heavy atom. The molecule has 0 heterocycles. The Bertz CT molecular complexity index is 753. The summed E-state index contributed by atoms with van der Waals surface area (Å²) in [5.41, 5.74) is 5.34. The third-order valence-electron chi connectivity index (χ3n) is 3.00. The van der Waals surface area contributed by atoms with Gasteiger partial charge in [-0.3, -0.25) is 15.5 Å². The van der Waals surface area contributed by atoms with Gasteiger partial charge in [-0.25, -0.2) is 10.2 Å². The Kier molecular flexibility index (Phi) is 7.19. The molecule has 3 amide bonds. The number of carbonyl (C=O) groups excluding carboxylic acids is 2. The van der Waals surface area contributed by atoms with Crippen LogP contribution in [0.3, 0.4) is 0 Å². The maximum Gasteiger partial charge on any atom is 0.337 e. The number of carbonyl (C=O) groups is 2. The van der Waals surface area contributed by atoms with Gasteiger partial charge in [-0.1, -0.05) is 18.2 Å². The zero-order valence-electron chi connectivity index (χ0n) is 13.9. The van der Waals surface area contributed by atoms with E-state index in [-0.39, 0.29) is 11.7 Å². The van der Waals surface area contributed by atoms with Crippen LogP contribution in [-0.2, 0) is 4.79 Å². The Labute approximate surface area is 155 Å². The van der Waals surface area contributed by atoms with Gasteiger partial charge in [0.15, 0.2) is 11.7 Å². The molecule has 2 rings (SSSR count). The van der Waals surface area contributed by atoms with E-state index >= 15 is 0 Å². The highest BCUT2D eigenvalue weighted by atomic mass is 32.1. The maximum absolute atomic E-state index is 11.8. The summed E-state index contributed by atoms with van der Waals surface area (Å²) in [7, 11) is 1.56. The lowest BCUT2D eigenvalue weighted by Gasteiger charge is -2.12. The molecule has 0 fully saturated rings. The molecule has 4 N–H and O–H groups in total. The highest BCUT2D eigenvalue weighted by Crippen LogP contribution is 2.16. The predicted octanol–water partition coefficient (Wildman–Crippen LogP) is 1.80. The van der Waals surface area contributed by atoms with E-state index in [1.807, 2.05) is 6.07 Å². The summed E-state index contributed by atoms with van der Waals surface area (Å²) in [6, 6.07) is 15.1. The molecule has 0 aliphatic heterocycles. The first-order chi connectivity index (χ1) is 12.6. The number of hydrazine groups is 1. The van der Waals surface area contributed by atoms with Gasteiger partial charge in [0.25, 0.3) is 5.91 Å². The number of nitrogens with one attached hydrogen (secondary N) is 4. The largest absolute Gasteiger partial charge is 0.497 e. The number of hydrogen-bond donors (Lipinski definition) is 4. The lowest BCUT2D eigenvalue weighted by Crippen LogP contribution is -2.50. The van der Waals surface area contributed by atoms with Crippen molar-refractivity contribution in [3.05, 3.63) is 54.6 Å². The second-order valence-corrected chi connectivity index (χ2v) is 5.32. The lowest BCUT2D eigenvalue weighted by atomic mass is 10.3. The molecule has 0 saturated heterocycles. The van der Waals surface area contributed by atoms with Crippen molar-refractivity contribution in [2.45, 2.75) is 0 Å². The first-order valence-corrected chi connectivity index (χ1v) is 7.96. The van der Waals surface area contributed by atoms with E-state index in [1.165, 1.54) is 0 Å². The van der Waals surface area contributed by atoms with Crippen LogP contribution < -0.4 is 31.0 Å². The number of para-hydroxylation sites is 1. The SMILES string of the molecule is COc1ccc(OCC(=O)NC(=S)NNC(=O)Nc2ccccc2)cc1. The smallest absolute Gasteiger partial charge is 0.337 e. The van der Waals surface area contributed by atoms with E-state index in [1.54, 1.807) is 55.6 Å². The molecule has 9 heteroatoms. The van der Waals surface area contributed by atoms with Crippen molar-refractivity contribution >= 4 is 35.0 Å². The van der Waals surface area contributed by atoms with E-state index < -0.39 is 11.9 Å². The number of thiocarbonyl (C=S) groups is 1. The average molecular weight is 374 g/mol. The van der Waals surface area contributed by atoms with Gasteiger partial charge in [0, 0.05) is 5.69 Å². The number of ether oxygens (including phenoxy) is 2. The van der Waals surface area contributed by atoms with Crippen molar-refractivity contribution in [3.8, 4) is 11.5 Å². The number of rotatable bonds is 5. The van der Waals surface area contributed by atoms with E-state index in [0.29, 0.717) is 17.2 Å². The second kappa shape index (κ2) is 9.84. The van der Waals surface area contributed by atoms with E-state index in [2.05, 4.69) is 21.5 Å². The minimum atomic E-state index is -0.526. The molecule has 8 nitrogen and oxygen atoms in total. The van der Waals surface area contributed by atoms with Crippen molar-refractivity contribution in [1.82, 2.24) is 16.2 Å². The van der Waals surface area contributed by atoms with Crippen LogP contribution in [0.1, 0.15) is 0 Å². The highest BCUT2D eigenvalue weighted by molar-refractivity contribution is 7.80. The van der Waals surface area contributed by atoms with E-state index in [9.17, 15) is 9.59 Å². The zero-order chi connectivity index (χ0) is 18.8. The highest BCUT2D eigenvalue weighted by Gasteiger charge is 2.07. The molecule has 0 saturated carbocycles. The number of amides is 3. The van der Waals surface area contributed by atoms with Crippen LogP contribution in [0.5, 0.6) is 11.5 Å². The Balaban J connectivity index is 1.66. The van der Waals surface area contributed by atoms with Crippen LogP contribution in [-0.4, -0.2) is 30.8 Å². The maximum atomic E-state index is 11.8. The number of anilines is 1. The fourth-order valence-corrected chi connectivity index (χ4v) is 1.98. The van der Waals surface area contributed by atoms with Gasteiger partial charge in [-0.05, 0) is 48.6 Å². The van der Waals surface area contributed by atoms with Crippen LogP contribution in [0.25, 0.3) is 0 Å². The van der Waals surface area contributed by atoms with Crippen LogP contribution in [0.4, 0.5) is 10.5 Å².